The van der Waals surface area contributed by atoms with E-state index in [0.29, 0.717) is 0 Å². The summed E-state index contributed by atoms with van der Waals surface area (Å²) in [6.45, 7) is 2.96. The van der Waals surface area contributed by atoms with Gasteiger partial charge in [-0.25, -0.2) is 0 Å². The lowest BCUT2D eigenvalue weighted by Gasteiger charge is -2.11. The van der Waals surface area contributed by atoms with Crippen LogP contribution in [0.5, 0.6) is 5.75 Å². The highest BCUT2D eigenvalue weighted by Gasteiger charge is 1.95. The van der Waals surface area contributed by atoms with Crippen LogP contribution < -0.4 is 9.64 Å². The average Bonchev–Trinajstić information content (AvgIpc) is 2.55. The Morgan fingerprint density at radius 2 is 1.41 bits per heavy atom. The zero-order valence-corrected chi connectivity index (χ0v) is 13.8. The van der Waals surface area contributed by atoms with Crippen molar-refractivity contribution in [2.45, 2.75) is 19.8 Å². The Morgan fingerprint density at radius 3 is 1.91 bits per heavy atom. The van der Waals surface area contributed by atoms with E-state index in [1.165, 1.54) is 16.8 Å². The first-order valence-electron chi connectivity index (χ1n) is 7.87. The summed E-state index contributed by atoms with van der Waals surface area (Å²) in [6, 6.07) is 16.8. The Hall–Kier alpha value is -2.22. The van der Waals surface area contributed by atoms with Gasteiger partial charge in [-0.05, 0) is 41.8 Å². The van der Waals surface area contributed by atoms with Gasteiger partial charge >= 0.3 is 0 Å². The van der Waals surface area contributed by atoms with Crippen LogP contribution in [0.3, 0.4) is 0 Å². The van der Waals surface area contributed by atoms with E-state index in [2.05, 4.69) is 74.5 Å². The molecule has 0 spiro atoms. The second-order valence-corrected chi connectivity index (χ2v) is 5.59. The molecule has 0 aromatic heterocycles. The fraction of sp³-hybridized carbons (Fsp3) is 0.300. The van der Waals surface area contributed by atoms with E-state index in [9.17, 15) is 0 Å². The van der Waals surface area contributed by atoms with E-state index < -0.39 is 0 Å². The van der Waals surface area contributed by atoms with Crippen molar-refractivity contribution in [2.75, 3.05) is 25.6 Å². The number of rotatable bonds is 7. The molecule has 2 heteroatoms. The summed E-state index contributed by atoms with van der Waals surface area (Å²) in [5.41, 5.74) is 3.60. The van der Waals surface area contributed by atoms with Crippen LogP contribution in [0.2, 0.25) is 0 Å². The summed E-state index contributed by atoms with van der Waals surface area (Å²) < 4.78 is 5.67. The third-order valence-electron chi connectivity index (χ3n) is 3.52. The summed E-state index contributed by atoms with van der Waals surface area (Å²) in [4.78, 5) is 2.10. The molecular formula is C20H25NO. The lowest BCUT2D eigenvalue weighted by molar-refractivity contribution is 0.309. The molecule has 2 aromatic rings. The van der Waals surface area contributed by atoms with Crippen molar-refractivity contribution in [3.05, 3.63) is 59.7 Å². The molecule has 0 unspecified atom stereocenters. The van der Waals surface area contributed by atoms with Crippen LogP contribution in [-0.2, 0) is 0 Å². The monoisotopic (exact) mass is 295 g/mol. The molecule has 116 valence electrons. The summed E-state index contributed by atoms with van der Waals surface area (Å²) in [5.74, 6) is 0.945. The van der Waals surface area contributed by atoms with Crippen molar-refractivity contribution in [2.24, 2.45) is 0 Å². The smallest absolute Gasteiger partial charge is 0.119 e. The Kier molecular flexibility index (Phi) is 6.08. The van der Waals surface area contributed by atoms with Gasteiger partial charge in [0, 0.05) is 19.8 Å². The number of anilines is 1. The normalized spacial score (nSPS) is 10.9. The van der Waals surface area contributed by atoms with Crippen molar-refractivity contribution in [3.63, 3.8) is 0 Å². The van der Waals surface area contributed by atoms with E-state index in [4.69, 9.17) is 4.74 Å². The lowest BCUT2D eigenvalue weighted by Crippen LogP contribution is -2.07. The topological polar surface area (TPSA) is 12.5 Å². The fourth-order valence-corrected chi connectivity index (χ4v) is 2.09. The number of nitrogens with zero attached hydrogens (tertiary/aromatic N) is 1. The third kappa shape index (κ3) is 4.96. The molecule has 0 saturated carbocycles. The van der Waals surface area contributed by atoms with E-state index in [-0.39, 0.29) is 0 Å². The molecule has 2 nitrogen and oxygen atoms in total. The van der Waals surface area contributed by atoms with E-state index >= 15 is 0 Å². The van der Waals surface area contributed by atoms with Crippen molar-refractivity contribution >= 4 is 17.8 Å². The largest absolute Gasteiger partial charge is 0.494 e. The number of hydrogen-bond acceptors (Lipinski definition) is 2. The maximum Gasteiger partial charge on any atom is 0.119 e. The van der Waals surface area contributed by atoms with E-state index in [1.54, 1.807) is 0 Å². The minimum absolute atomic E-state index is 0.796. The van der Waals surface area contributed by atoms with Crippen LogP contribution in [-0.4, -0.2) is 20.7 Å². The van der Waals surface area contributed by atoms with Crippen LogP contribution >= 0.6 is 0 Å². The van der Waals surface area contributed by atoms with Crippen molar-refractivity contribution in [3.8, 4) is 5.75 Å². The lowest BCUT2D eigenvalue weighted by atomic mass is 10.1. The quantitative estimate of drug-likeness (QED) is 0.520. The molecule has 0 fully saturated rings. The van der Waals surface area contributed by atoms with Gasteiger partial charge in [0.2, 0.25) is 0 Å². The predicted octanol–water partition coefficient (Wildman–Crippen LogP) is 5.10. The van der Waals surface area contributed by atoms with Crippen molar-refractivity contribution < 1.29 is 4.74 Å². The highest BCUT2D eigenvalue weighted by atomic mass is 16.5. The molecule has 0 bridgehead atoms. The molecule has 22 heavy (non-hydrogen) atoms. The molecule has 0 saturated heterocycles. The van der Waals surface area contributed by atoms with Crippen LogP contribution in [0, 0.1) is 0 Å². The molecule has 2 aromatic carbocycles. The summed E-state index contributed by atoms with van der Waals surface area (Å²) in [5, 5.41) is 0. The van der Waals surface area contributed by atoms with E-state index in [1.807, 2.05) is 12.1 Å². The molecule has 0 atom stereocenters. The van der Waals surface area contributed by atoms with Gasteiger partial charge in [0.05, 0.1) is 6.61 Å². The van der Waals surface area contributed by atoms with Crippen LogP contribution in [0.1, 0.15) is 30.9 Å². The zero-order valence-electron chi connectivity index (χ0n) is 13.8. The standard InChI is InChI=1S/C20H25NO/c1-4-5-16-22-20-14-10-18(11-15-20)7-6-17-8-12-19(13-9-17)21(2)3/h6-15H,4-5,16H2,1-3H3/b7-6+. The molecule has 0 N–H and O–H groups in total. The van der Waals surface area contributed by atoms with Crippen molar-refractivity contribution in [1.82, 2.24) is 0 Å². The summed E-state index contributed by atoms with van der Waals surface area (Å²) >= 11 is 0. The van der Waals surface area contributed by atoms with Crippen LogP contribution in [0.4, 0.5) is 5.69 Å². The van der Waals surface area contributed by atoms with Crippen molar-refractivity contribution in [1.29, 1.82) is 0 Å². The second-order valence-electron chi connectivity index (χ2n) is 5.59. The van der Waals surface area contributed by atoms with Crippen LogP contribution in [0.25, 0.3) is 12.2 Å². The third-order valence-corrected chi connectivity index (χ3v) is 3.52. The highest BCUT2D eigenvalue weighted by molar-refractivity contribution is 5.70. The molecule has 0 amide bonds. The molecule has 0 heterocycles. The van der Waals surface area contributed by atoms with Gasteiger partial charge in [0.1, 0.15) is 5.75 Å². The SMILES string of the molecule is CCCCOc1ccc(/C=C/c2ccc(N(C)C)cc2)cc1. The first-order valence-corrected chi connectivity index (χ1v) is 7.87. The highest BCUT2D eigenvalue weighted by Crippen LogP contribution is 2.17. The second kappa shape index (κ2) is 8.28. The number of unbranched alkanes of at least 4 members (excludes halogenated alkanes) is 1. The molecule has 2 rings (SSSR count). The molecular weight excluding hydrogens is 270 g/mol. The van der Waals surface area contributed by atoms with Gasteiger partial charge in [0.15, 0.2) is 0 Å². The minimum atomic E-state index is 0.796. The summed E-state index contributed by atoms with van der Waals surface area (Å²) in [6.07, 6.45) is 6.52. The maximum atomic E-state index is 5.67. The predicted molar refractivity (Wildman–Crippen MR) is 96.5 cm³/mol. The number of benzene rings is 2. The van der Waals surface area contributed by atoms with Crippen LogP contribution in [0.15, 0.2) is 48.5 Å². The van der Waals surface area contributed by atoms with E-state index in [0.717, 1.165) is 25.2 Å². The molecule has 0 aliphatic rings. The van der Waals surface area contributed by atoms with Gasteiger partial charge in [0.25, 0.3) is 0 Å². The number of ether oxygens (including phenoxy) is 1. The van der Waals surface area contributed by atoms with Gasteiger partial charge in [-0.1, -0.05) is 49.8 Å². The molecule has 0 aliphatic heterocycles. The van der Waals surface area contributed by atoms with Gasteiger partial charge in [-0.3, -0.25) is 0 Å². The fourth-order valence-electron chi connectivity index (χ4n) is 2.09. The molecule has 0 radical (unpaired) electrons. The molecule has 0 aliphatic carbocycles. The zero-order chi connectivity index (χ0) is 15.8. The minimum Gasteiger partial charge on any atom is -0.494 e. The average molecular weight is 295 g/mol. The first kappa shape index (κ1) is 16.2. The number of hydrogen-bond donors (Lipinski definition) is 0. The Morgan fingerprint density at radius 1 is 0.864 bits per heavy atom. The van der Waals surface area contributed by atoms with Gasteiger partial charge in [-0.2, -0.15) is 0 Å². The first-order chi connectivity index (χ1) is 10.7. The summed E-state index contributed by atoms with van der Waals surface area (Å²) in [7, 11) is 4.10. The van der Waals surface area contributed by atoms with Gasteiger partial charge < -0.3 is 9.64 Å². The maximum absolute atomic E-state index is 5.67. The Bertz CT molecular complexity index is 582. The Balaban J connectivity index is 1.94. The Labute approximate surface area is 134 Å². The van der Waals surface area contributed by atoms with Gasteiger partial charge in [-0.15, -0.1) is 0 Å².